The molecule has 0 saturated heterocycles. The predicted molar refractivity (Wildman–Crippen MR) is 144 cm³/mol. The van der Waals surface area contributed by atoms with Gasteiger partial charge in [-0.25, -0.2) is 4.79 Å². The summed E-state index contributed by atoms with van der Waals surface area (Å²) in [7, 11) is 0. The van der Waals surface area contributed by atoms with E-state index in [1.807, 2.05) is 61.5 Å². The van der Waals surface area contributed by atoms with Crippen molar-refractivity contribution in [2.24, 2.45) is 0 Å². The molecule has 2 aromatic rings. The molecule has 2 atom stereocenters. The number of alkyl carbamates (subject to hydrolysis) is 1. The Labute approximate surface area is 220 Å². The van der Waals surface area contributed by atoms with Crippen LogP contribution in [0.25, 0.3) is 0 Å². The third-order valence-electron chi connectivity index (χ3n) is 5.72. The Morgan fingerprint density at radius 3 is 2.22 bits per heavy atom. The van der Waals surface area contributed by atoms with Crippen LogP contribution in [0.4, 0.5) is 4.79 Å². The minimum Gasteiger partial charge on any atom is -0.444 e. The van der Waals surface area contributed by atoms with E-state index < -0.39 is 36.3 Å². The number of aryl methyl sites for hydroxylation is 1. The quantitative estimate of drug-likeness (QED) is 0.369. The number of hydrogen-bond acceptors (Lipinski definition) is 5. The van der Waals surface area contributed by atoms with Crippen LogP contribution in [0.3, 0.4) is 0 Å². The average molecular weight is 512 g/mol. The number of rotatable bonds is 12. The number of hydrogen-bond donors (Lipinski definition) is 3. The fourth-order valence-electron chi connectivity index (χ4n) is 3.84. The van der Waals surface area contributed by atoms with Crippen molar-refractivity contribution in [3.05, 3.63) is 71.3 Å². The number of carbonyl (C=O) groups is 3. The van der Waals surface area contributed by atoms with Crippen LogP contribution in [-0.2, 0) is 20.9 Å². The lowest BCUT2D eigenvalue weighted by molar-refractivity contribution is -0.143. The number of ether oxygens (including phenoxy) is 1. The normalized spacial score (nSPS) is 12.8. The van der Waals surface area contributed by atoms with Crippen molar-refractivity contribution in [3.8, 4) is 0 Å². The molecule has 0 heterocycles. The number of unbranched alkanes of at least 4 members (excludes halogenated alkanes) is 2. The van der Waals surface area contributed by atoms with Crippen LogP contribution in [-0.4, -0.2) is 52.7 Å². The third-order valence-corrected chi connectivity index (χ3v) is 5.72. The Balaban J connectivity index is 2.38. The maximum atomic E-state index is 13.7. The van der Waals surface area contributed by atoms with Gasteiger partial charge in [-0.1, -0.05) is 79.9 Å². The molecule has 0 radical (unpaired) electrons. The van der Waals surface area contributed by atoms with Crippen molar-refractivity contribution in [2.75, 3.05) is 13.2 Å². The van der Waals surface area contributed by atoms with Gasteiger partial charge in [0, 0.05) is 13.1 Å². The summed E-state index contributed by atoms with van der Waals surface area (Å²) in [6, 6.07) is 14.8. The van der Waals surface area contributed by atoms with Crippen molar-refractivity contribution in [1.29, 1.82) is 0 Å². The second kappa shape index (κ2) is 14.4. The van der Waals surface area contributed by atoms with Crippen LogP contribution in [0, 0.1) is 6.92 Å². The molecule has 0 aliphatic carbocycles. The second-order valence-electron chi connectivity index (χ2n) is 10.1. The molecule has 3 amide bonds. The number of aliphatic hydroxyl groups is 1. The molecule has 0 aliphatic rings. The Bertz CT molecular complexity index is 1000. The highest BCUT2D eigenvalue weighted by molar-refractivity contribution is 5.92. The SMILES string of the molecule is CCCCCN(C(=O)C(CO)NC(=O)OC(C)(C)C)C(C(=O)NCc1ccccc1)c1ccc(C)cc1. The molecule has 0 saturated carbocycles. The summed E-state index contributed by atoms with van der Waals surface area (Å²) in [5.74, 6) is -0.892. The summed E-state index contributed by atoms with van der Waals surface area (Å²) < 4.78 is 5.28. The highest BCUT2D eigenvalue weighted by Gasteiger charge is 2.35. The lowest BCUT2D eigenvalue weighted by Crippen LogP contribution is -2.54. The average Bonchev–Trinajstić information content (AvgIpc) is 2.85. The molecule has 3 N–H and O–H groups in total. The molecule has 8 heteroatoms. The number of carbonyl (C=O) groups excluding carboxylic acids is 3. The highest BCUT2D eigenvalue weighted by Crippen LogP contribution is 2.24. The van der Waals surface area contributed by atoms with Gasteiger partial charge < -0.3 is 25.4 Å². The monoisotopic (exact) mass is 511 g/mol. The first-order chi connectivity index (χ1) is 17.6. The van der Waals surface area contributed by atoms with Crippen molar-refractivity contribution in [2.45, 2.75) is 78.1 Å². The Kier molecular flexibility index (Phi) is 11.6. The molecule has 202 valence electrons. The van der Waals surface area contributed by atoms with E-state index >= 15 is 0 Å². The molecule has 37 heavy (non-hydrogen) atoms. The molecule has 0 bridgehead atoms. The molecule has 0 fully saturated rings. The first kappa shape index (κ1) is 29.8. The number of nitrogens with one attached hydrogen (secondary N) is 2. The van der Waals surface area contributed by atoms with Gasteiger partial charge in [0.05, 0.1) is 6.61 Å². The maximum absolute atomic E-state index is 13.7. The lowest BCUT2D eigenvalue weighted by atomic mass is 10.0. The zero-order valence-corrected chi connectivity index (χ0v) is 22.6. The minimum absolute atomic E-state index is 0.288. The molecule has 2 rings (SSSR count). The first-order valence-corrected chi connectivity index (χ1v) is 12.8. The molecule has 2 aromatic carbocycles. The molecular weight excluding hydrogens is 470 g/mol. The van der Waals surface area contributed by atoms with Gasteiger partial charge in [0.25, 0.3) is 0 Å². The first-order valence-electron chi connectivity index (χ1n) is 12.8. The predicted octanol–water partition coefficient (Wildman–Crippen LogP) is 4.26. The molecule has 0 aliphatic heterocycles. The van der Waals surface area contributed by atoms with E-state index in [2.05, 4.69) is 17.6 Å². The van der Waals surface area contributed by atoms with Gasteiger partial charge in [-0.3, -0.25) is 9.59 Å². The summed E-state index contributed by atoms with van der Waals surface area (Å²) in [6.45, 7) is 9.10. The van der Waals surface area contributed by atoms with Crippen LogP contribution in [0.2, 0.25) is 0 Å². The van der Waals surface area contributed by atoms with Gasteiger partial charge in [0.1, 0.15) is 17.7 Å². The Hall–Kier alpha value is -3.39. The summed E-state index contributed by atoms with van der Waals surface area (Å²) in [5.41, 5.74) is 1.84. The van der Waals surface area contributed by atoms with Crippen LogP contribution >= 0.6 is 0 Å². The smallest absolute Gasteiger partial charge is 0.408 e. The van der Waals surface area contributed by atoms with Crippen molar-refractivity contribution >= 4 is 17.9 Å². The minimum atomic E-state index is -1.26. The van der Waals surface area contributed by atoms with E-state index in [0.717, 1.165) is 24.0 Å². The Morgan fingerprint density at radius 2 is 1.65 bits per heavy atom. The highest BCUT2D eigenvalue weighted by atomic mass is 16.6. The van der Waals surface area contributed by atoms with E-state index in [1.165, 1.54) is 4.90 Å². The topological polar surface area (TPSA) is 108 Å². The van der Waals surface area contributed by atoms with Crippen LogP contribution in [0.1, 0.15) is 69.7 Å². The number of amides is 3. The van der Waals surface area contributed by atoms with E-state index in [1.54, 1.807) is 20.8 Å². The fourth-order valence-corrected chi connectivity index (χ4v) is 3.84. The largest absolute Gasteiger partial charge is 0.444 e. The van der Waals surface area contributed by atoms with Crippen molar-refractivity contribution in [1.82, 2.24) is 15.5 Å². The van der Waals surface area contributed by atoms with Crippen LogP contribution in [0.5, 0.6) is 0 Å². The number of benzene rings is 2. The summed E-state index contributed by atoms with van der Waals surface area (Å²) in [5, 5.41) is 15.5. The summed E-state index contributed by atoms with van der Waals surface area (Å²) >= 11 is 0. The van der Waals surface area contributed by atoms with Crippen LogP contribution in [0.15, 0.2) is 54.6 Å². The zero-order chi connectivity index (χ0) is 27.4. The Morgan fingerprint density at radius 1 is 1.00 bits per heavy atom. The van der Waals surface area contributed by atoms with Crippen molar-refractivity contribution < 1.29 is 24.2 Å². The number of nitrogens with zero attached hydrogens (tertiary/aromatic N) is 1. The van der Waals surface area contributed by atoms with Gasteiger partial charge in [-0.2, -0.15) is 0 Å². The molecule has 2 unspecified atom stereocenters. The zero-order valence-electron chi connectivity index (χ0n) is 22.6. The molecule has 0 spiro atoms. The maximum Gasteiger partial charge on any atom is 0.408 e. The second-order valence-corrected chi connectivity index (χ2v) is 10.1. The number of aliphatic hydroxyl groups excluding tert-OH is 1. The molecule has 0 aromatic heterocycles. The standard InChI is InChI=1S/C29H41N3O5/c1-6-7-11-18-32(27(35)24(20-33)31-28(36)37-29(3,4)5)25(23-16-14-21(2)15-17-23)26(34)30-19-22-12-9-8-10-13-22/h8-10,12-17,24-25,33H,6-7,11,18-20H2,1-5H3,(H,30,34)(H,31,36). The molecular formula is C29H41N3O5. The van der Waals surface area contributed by atoms with Gasteiger partial charge in [0.2, 0.25) is 11.8 Å². The van der Waals surface area contributed by atoms with E-state index in [0.29, 0.717) is 18.5 Å². The van der Waals surface area contributed by atoms with Gasteiger partial charge in [-0.15, -0.1) is 0 Å². The van der Waals surface area contributed by atoms with Crippen LogP contribution < -0.4 is 10.6 Å². The summed E-state index contributed by atoms with van der Waals surface area (Å²) in [6.07, 6.45) is 1.64. The third kappa shape index (κ3) is 9.88. The van der Waals surface area contributed by atoms with E-state index in [-0.39, 0.29) is 12.5 Å². The van der Waals surface area contributed by atoms with E-state index in [9.17, 15) is 19.5 Å². The summed E-state index contributed by atoms with van der Waals surface area (Å²) in [4.78, 5) is 41.2. The fraction of sp³-hybridized carbons (Fsp3) is 0.483. The van der Waals surface area contributed by atoms with Gasteiger partial charge >= 0.3 is 6.09 Å². The van der Waals surface area contributed by atoms with Crippen molar-refractivity contribution in [3.63, 3.8) is 0 Å². The lowest BCUT2D eigenvalue weighted by Gasteiger charge is -2.34. The van der Waals surface area contributed by atoms with Gasteiger partial charge in [0.15, 0.2) is 0 Å². The molecule has 8 nitrogen and oxygen atoms in total. The van der Waals surface area contributed by atoms with E-state index in [4.69, 9.17) is 4.74 Å². The van der Waals surface area contributed by atoms with Gasteiger partial charge in [-0.05, 0) is 45.2 Å².